The van der Waals surface area contributed by atoms with Gasteiger partial charge < -0.3 is 10.2 Å². The van der Waals surface area contributed by atoms with Crippen molar-refractivity contribution in [2.75, 3.05) is 0 Å². The van der Waals surface area contributed by atoms with Crippen LogP contribution in [0.15, 0.2) is 72.9 Å². The highest BCUT2D eigenvalue weighted by Gasteiger charge is 2.24. The molecule has 2 N–H and O–H groups in total. The topological polar surface area (TPSA) is 57.5 Å². The van der Waals surface area contributed by atoms with Crippen molar-refractivity contribution in [1.82, 2.24) is 0 Å². The highest BCUT2D eigenvalue weighted by molar-refractivity contribution is 5.73. The number of aliphatic hydroxyl groups is 1. The summed E-state index contributed by atoms with van der Waals surface area (Å²) in [6, 6.07) is 0. The Hall–Kier alpha value is -2.13. The van der Waals surface area contributed by atoms with Crippen LogP contribution in [0.3, 0.4) is 0 Å². The van der Waals surface area contributed by atoms with Gasteiger partial charge in [-0.25, -0.2) is 0 Å². The molecule has 3 nitrogen and oxygen atoms in total. The van der Waals surface area contributed by atoms with Crippen molar-refractivity contribution in [3.8, 4) is 0 Å². The monoisotopic (exact) mass is 382 g/mol. The zero-order valence-corrected chi connectivity index (χ0v) is 16.0. The Kier molecular flexibility index (Phi) is 7.35. The fourth-order valence-electron chi connectivity index (χ4n) is 1.43. The van der Waals surface area contributed by atoms with Crippen molar-refractivity contribution in [2.24, 2.45) is 5.41 Å². The number of carbonyl (C=O) groups is 1. The third-order valence-corrected chi connectivity index (χ3v) is 3.09. The number of hydrogen-bond donors (Lipinski definition) is 2. The van der Waals surface area contributed by atoms with Gasteiger partial charge in [-0.2, -0.15) is 0 Å². The maximum absolute atomic E-state index is 11.1. The predicted molar refractivity (Wildman–Crippen MR) is 116 cm³/mol. The summed E-state index contributed by atoms with van der Waals surface area (Å²) < 4.78 is 77.9. The van der Waals surface area contributed by atoms with Crippen molar-refractivity contribution in [1.29, 1.82) is 0 Å². The van der Waals surface area contributed by atoms with Crippen LogP contribution in [0, 0.1) is 5.41 Å². The van der Waals surface area contributed by atoms with E-state index in [1.54, 1.807) is 0 Å². The van der Waals surface area contributed by atoms with Crippen LogP contribution in [0.1, 0.15) is 72.8 Å². The molecule has 0 spiro atoms. The molecular formula is C24H36O3. The number of hydrogen-bond acceptors (Lipinski definition) is 2. The Morgan fingerprint density at radius 3 is 2.04 bits per heavy atom. The second kappa shape index (κ2) is 16.1. The lowest BCUT2D eigenvalue weighted by atomic mass is 9.89. The third-order valence-electron chi connectivity index (χ3n) is 3.09. The molecule has 0 aromatic carbocycles. The van der Waals surface area contributed by atoms with Gasteiger partial charge in [-0.3, -0.25) is 4.79 Å². The fraction of sp³-hybridized carbons (Fsp3) is 0.458. The zero-order chi connectivity index (χ0) is 29.3. The van der Waals surface area contributed by atoms with Crippen molar-refractivity contribution in [3.63, 3.8) is 0 Å². The molecule has 0 amide bonds. The maximum atomic E-state index is 11.1. The molecule has 27 heavy (non-hydrogen) atoms. The van der Waals surface area contributed by atoms with Crippen molar-refractivity contribution in [2.45, 2.75) is 65.2 Å². The van der Waals surface area contributed by atoms with E-state index in [9.17, 15) is 9.90 Å². The predicted octanol–water partition coefficient (Wildman–Crippen LogP) is 6.16. The summed E-state index contributed by atoms with van der Waals surface area (Å²) in [7, 11) is 0. The molecule has 0 aliphatic rings. The number of carboxylic acids is 1. The second-order valence-electron chi connectivity index (χ2n) is 5.94. The van der Waals surface area contributed by atoms with Crippen LogP contribution >= 0.6 is 0 Å². The van der Waals surface area contributed by atoms with Gasteiger partial charge in [0, 0.05) is 13.7 Å². The molecule has 1 atom stereocenters. The summed E-state index contributed by atoms with van der Waals surface area (Å²) in [5, 5.41) is 19.1. The smallest absolute Gasteiger partial charge is 0.309 e. The lowest BCUT2D eigenvalue weighted by molar-refractivity contribution is -0.146. The van der Waals surface area contributed by atoms with Gasteiger partial charge in [-0.05, 0) is 52.1 Å². The first kappa shape index (κ1) is 12.4. The van der Waals surface area contributed by atoms with Crippen LogP contribution in [0.4, 0.5) is 0 Å². The summed E-state index contributed by atoms with van der Waals surface area (Å²) >= 11 is 0. The molecule has 0 heterocycles. The Balaban J connectivity index is 5.22. The molecule has 0 aromatic rings. The van der Waals surface area contributed by atoms with Gasteiger partial charge in [-0.15, -0.1) is 0 Å². The van der Waals surface area contributed by atoms with Gasteiger partial charge in [0.15, 0.2) is 0 Å². The summed E-state index contributed by atoms with van der Waals surface area (Å²) in [5.41, 5.74) is -1.07. The minimum Gasteiger partial charge on any atom is -0.481 e. The van der Waals surface area contributed by atoms with Crippen LogP contribution in [0.5, 0.6) is 0 Å². The lowest BCUT2D eigenvalue weighted by Gasteiger charge is -2.15. The molecule has 0 aliphatic carbocycles. The Bertz CT molecular complexity index is 937. The summed E-state index contributed by atoms with van der Waals surface area (Å²) in [6.07, 6.45) is 0.806. The standard InChI is InChI=1S/C24H36O3/c1-4-5-16-19-22(25)20-17-14-12-10-8-6-7-9-11-13-15-18-21-24(2,3)23(26)27/h5-6,8-9,11-12,14-18,20,22,25H,4,7,10,13,19,21H2,1-3H3,(H,26,27)/b8-6-,11-9-,14-12-,16-5-,18-15-,20-17+/i4D2,7D2,10D2,13D2,19D2. The van der Waals surface area contributed by atoms with Gasteiger partial charge in [0.2, 0.25) is 0 Å². The summed E-state index contributed by atoms with van der Waals surface area (Å²) in [4.78, 5) is 11.1. The molecule has 3 heteroatoms. The highest BCUT2D eigenvalue weighted by atomic mass is 16.4. The highest BCUT2D eigenvalue weighted by Crippen LogP contribution is 2.20. The van der Waals surface area contributed by atoms with E-state index in [0.717, 1.165) is 54.7 Å². The van der Waals surface area contributed by atoms with Gasteiger partial charge in [0.25, 0.3) is 0 Å². The lowest BCUT2D eigenvalue weighted by Crippen LogP contribution is -2.22. The molecule has 0 radical (unpaired) electrons. The molecule has 150 valence electrons. The average Bonchev–Trinajstić information content (AvgIpc) is 2.72. The first-order valence-electron chi connectivity index (χ1n) is 13.5. The minimum atomic E-state index is -2.25. The van der Waals surface area contributed by atoms with Gasteiger partial charge in [0.05, 0.1) is 11.5 Å². The maximum Gasteiger partial charge on any atom is 0.309 e. The van der Waals surface area contributed by atoms with Crippen molar-refractivity contribution < 1.29 is 28.7 Å². The number of rotatable bonds is 14. The molecule has 0 bridgehead atoms. The Morgan fingerprint density at radius 1 is 0.926 bits per heavy atom. The fourth-order valence-corrected chi connectivity index (χ4v) is 1.43. The second-order valence-corrected chi connectivity index (χ2v) is 5.94. The Labute approximate surface area is 179 Å². The molecule has 0 saturated heterocycles. The largest absolute Gasteiger partial charge is 0.481 e. The van der Waals surface area contributed by atoms with E-state index in [4.69, 9.17) is 18.8 Å². The zero-order valence-electron chi connectivity index (χ0n) is 26.0. The molecule has 0 aromatic heterocycles. The normalized spacial score (nSPS) is 23.0. The van der Waals surface area contributed by atoms with Gasteiger partial charge >= 0.3 is 5.97 Å². The third kappa shape index (κ3) is 15.8. The first-order valence-corrected chi connectivity index (χ1v) is 8.46. The minimum absolute atomic E-state index is 0.0809. The van der Waals surface area contributed by atoms with Gasteiger partial charge in [-0.1, -0.05) is 79.8 Å². The van der Waals surface area contributed by atoms with Gasteiger partial charge in [0.1, 0.15) is 0 Å². The van der Waals surface area contributed by atoms with E-state index >= 15 is 0 Å². The van der Waals surface area contributed by atoms with Crippen molar-refractivity contribution in [3.05, 3.63) is 72.9 Å². The van der Waals surface area contributed by atoms with Crippen LogP contribution in [-0.2, 0) is 4.79 Å². The molecular weight excluding hydrogens is 336 g/mol. The number of aliphatic carboxylic acids is 1. The van der Waals surface area contributed by atoms with Crippen LogP contribution in [0.2, 0.25) is 0 Å². The number of aliphatic hydroxyl groups excluding tert-OH is 1. The molecule has 0 rings (SSSR count). The van der Waals surface area contributed by atoms with E-state index in [2.05, 4.69) is 0 Å². The van der Waals surface area contributed by atoms with E-state index in [-0.39, 0.29) is 6.42 Å². The summed E-state index contributed by atoms with van der Waals surface area (Å²) in [5.74, 6) is -1.03. The first-order chi connectivity index (χ1) is 16.4. The van der Waals surface area contributed by atoms with Crippen molar-refractivity contribution >= 4 is 5.97 Å². The van der Waals surface area contributed by atoms with E-state index < -0.39 is 49.4 Å². The SMILES string of the molecule is [2H]C([2H])(C)/C=C\C([2H])([2H])C(O)/C=C/C=C\C([2H])([2H])/C=C\C([2H])([2H])/C=C\C([2H])([2H])/C=C\CC(C)(C)C(=O)O. The quantitative estimate of drug-likeness (QED) is 0.279. The summed E-state index contributed by atoms with van der Waals surface area (Å²) in [6.45, 7) is 4.23. The number of carboxylic acid groups (broad SMARTS) is 1. The van der Waals surface area contributed by atoms with E-state index in [1.807, 2.05) is 0 Å². The molecule has 0 saturated carbocycles. The average molecular weight is 383 g/mol. The molecule has 0 aliphatic heterocycles. The van der Waals surface area contributed by atoms with E-state index in [0.29, 0.717) is 0 Å². The molecule has 0 fully saturated rings. The number of allylic oxidation sites excluding steroid dienone is 10. The van der Waals surface area contributed by atoms with Crippen LogP contribution in [-0.4, -0.2) is 22.3 Å². The van der Waals surface area contributed by atoms with Crippen LogP contribution in [0.25, 0.3) is 0 Å². The van der Waals surface area contributed by atoms with E-state index in [1.165, 1.54) is 39.0 Å². The molecule has 1 unspecified atom stereocenters. The van der Waals surface area contributed by atoms with Crippen LogP contribution < -0.4 is 0 Å². The Morgan fingerprint density at radius 2 is 1.48 bits per heavy atom.